The molecule has 0 radical (unpaired) electrons. The number of aromatic amines is 1. The molecule has 0 amide bonds. The average molecular weight is 421 g/mol. The van der Waals surface area contributed by atoms with E-state index in [9.17, 15) is 10.2 Å². The van der Waals surface area contributed by atoms with Gasteiger partial charge >= 0.3 is 0 Å². The summed E-state index contributed by atoms with van der Waals surface area (Å²) >= 11 is 0. The molecule has 1 saturated carbocycles. The fourth-order valence-electron chi connectivity index (χ4n) is 5.13. The van der Waals surface area contributed by atoms with Crippen molar-refractivity contribution < 1.29 is 14.9 Å². The molecule has 2 heterocycles. The zero-order chi connectivity index (χ0) is 21.2. The summed E-state index contributed by atoms with van der Waals surface area (Å²) in [5, 5.41) is 20.2. The molecule has 1 saturated heterocycles. The lowest BCUT2D eigenvalue weighted by Crippen LogP contribution is -2.58. The van der Waals surface area contributed by atoms with Gasteiger partial charge in [0.2, 0.25) is 0 Å². The first-order chi connectivity index (χ1) is 15.2. The van der Waals surface area contributed by atoms with E-state index in [1.807, 2.05) is 0 Å². The maximum atomic E-state index is 9.53. The summed E-state index contributed by atoms with van der Waals surface area (Å²) in [6.45, 7) is 1.68. The van der Waals surface area contributed by atoms with E-state index < -0.39 is 0 Å². The van der Waals surface area contributed by atoms with Gasteiger partial charge in [-0.05, 0) is 60.2 Å². The molecule has 1 aliphatic heterocycles. The Morgan fingerprint density at radius 2 is 1.71 bits per heavy atom. The molecule has 5 nitrogen and oxygen atoms in total. The minimum Gasteiger partial charge on any atom is -0.395 e. The predicted molar refractivity (Wildman–Crippen MR) is 123 cm³/mol. The zero-order valence-corrected chi connectivity index (χ0v) is 18.0. The number of likely N-dealkylation sites (tertiary alicyclic amines) is 1. The Labute approximate surface area is 183 Å². The Morgan fingerprint density at radius 3 is 2.48 bits per heavy atom. The Bertz CT molecular complexity index is 1010. The van der Waals surface area contributed by atoms with Crippen molar-refractivity contribution in [3.63, 3.8) is 0 Å². The lowest BCUT2D eigenvalue weighted by Gasteiger charge is -2.47. The van der Waals surface area contributed by atoms with E-state index in [4.69, 9.17) is 4.74 Å². The maximum Gasteiger partial charge on any atom is 0.0720 e. The molecule has 1 aliphatic carbocycles. The minimum atomic E-state index is 0.141. The normalized spacial score (nSPS) is 22.3. The number of benzene rings is 2. The Morgan fingerprint density at radius 1 is 0.935 bits per heavy atom. The Balaban J connectivity index is 1.31. The average Bonchev–Trinajstić information content (AvgIpc) is 3.45. The van der Waals surface area contributed by atoms with Gasteiger partial charge in [-0.25, -0.2) is 0 Å². The molecule has 0 spiro atoms. The molecule has 0 bridgehead atoms. The molecule has 1 aromatic heterocycles. The van der Waals surface area contributed by atoms with E-state index in [0.717, 1.165) is 17.6 Å². The summed E-state index contributed by atoms with van der Waals surface area (Å²) in [6.07, 6.45) is 6.27. The second kappa shape index (κ2) is 9.13. The van der Waals surface area contributed by atoms with Crippen LogP contribution in [0.2, 0.25) is 0 Å². The molecule has 5 heteroatoms. The lowest BCUT2D eigenvalue weighted by atomic mass is 9.93. The topological polar surface area (TPSA) is 68.7 Å². The first kappa shape index (κ1) is 20.7. The monoisotopic (exact) mass is 420 g/mol. The van der Waals surface area contributed by atoms with Crippen molar-refractivity contribution in [2.24, 2.45) is 0 Å². The number of aromatic nitrogens is 1. The van der Waals surface area contributed by atoms with E-state index in [0.29, 0.717) is 19.3 Å². The van der Waals surface area contributed by atoms with Crippen LogP contribution >= 0.6 is 0 Å². The highest BCUT2D eigenvalue weighted by Crippen LogP contribution is 2.30. The van der Waals surface area contributed by atoms with Gasteiger partial charge in [0.25, 0.3) is 0 Å². The number of ether oxygens (including phenoxy) is 1. The van der Waals surface area contributed by atoms with Crippen LogP contribution in [0, 0.1) is 0 Å². The van der Waals surface area contributed by atoms with Gasteiger partial charge in [0.05, 0.1) is 25.9 Å². The van der Waals surface area contributed by atoms with Crippen LogP contribution in [0.15, 0.2) is 48.5 Å². The summed E-state index contributed by atoms with van der Waals surface area (Å²) in [7, 11) is 0. The molecule has 5 rings (SSSR count). The molecule has 31 heavy (non-hydrogen) atoms. The van der Waals surface area contributed by atoms with E-state index in [-0.39, 0.29) is 25.3 Å². The Kier molecular flexibility index (Phi) is 6.10. The number of hydrogen-bond donors (Lipinski definition) is 3. The summed E-state index contributed by atoms with van der Waals surface area (Å²) in [4.78, 5) is 5.68. The maximum absolute atomic E-state index is 9.53. The third-order valence-electron chi connectivity index (χ3n) is 6.98. The third-order valence-corrected chi connectivity index (χ3v) is 6.98. The van der Waals surface area contributed by atoms with Crippen molar-refractivity contribution in [1.29, 1.82) is 0 Å². The highest BCUT2D eigenvalue weighted by molar-refractivity contribution is 5.86. The van der Waals surface area contributed by atoms with Crippen LogP contribution in [-0.4, -0.2) is 51.5 Å². The Hall–Kier alpha value is -2.18. The number of rotatable bonds is 8. The summed E-state index contributed by atoms with van der Waals surface area (Å²) in [5.41, 5.74) is 5.86. The van der Waals surface area contributed by atoms with Crippen molar-refractivity contribution in [3.05, 3.63) is 59.8 Å². The minimum absolute atomic E-state index is 0.141. The van der Waals surface area contributed by atoms with Gasteiger partial charge in [0.15, 0.2) is 0 Å². The van der Waals surface area contributed by atoms with Crippen LogP contribution in [0.3, 0.4) is 0 Å². The first-order valence-corrected chi connectivity index (χ1v) is 11.5. The molecule has 3 aromatic rings. The van der Waals surface area contributed by atoms with Crippen LogP contribution < -0.4 is 0 Å². The summed E-state index contributed by atoms with van der Waals surface area (Å²) < 4.78 is 6.10. The van der Waals surface area contributed by atoms with Crippen molar-refractivity contribution >= 4 is 10.9 Å². The van der Waals surface area contributed by atoms with Crippen LogP contribution in [0.5, 0.6) is 0 Å². The van der Waals surface area contributed by atoms with Gasteiger partial charge in [-0.1, -0.05) is 37.1 Å². The second-order valence-corrected chi connectivity index (χ2v) is 9.10. The van der Waals surface area contributed by atoms with Crippen molar-refractivity contribution in [3.8, 4) is 11.1 Å². The molecular formula is C26H32N2O3. The van der Waals surface area contributed by atoms with E-state index >= 15 is 0 Å². The molecule has 2 fully saturated rings. The smallest absolute Gasteiger partial charge is 0.0720 e. The zero-order valence-electron chi connectivity index (χ0n) is 18.0. The molecule has 0 unspecified atom stereocenters. The van der Waals surface area contributed by atoms with Crippen molar-refractivity contribution in [2.45, 2.75) is 63.4 Å². The van der Waals surface area contributed by atoms with Crippen LogP contribution in [0.4, 0.5) is 0 Å². The van der Waals surface area contributed by atoms with E-state index in [2.05, 4.69) is 58.4 Å². The fourth-order valence-corrected chi connectivity index (χ4v) is 5.13. The van der Waals surface area contributed by atoms with Crippen LogP contribution in [0.1, 0.15) is 43.4 Å². The number of aliphatic hydroxyl groups is 2. The van der Waals surface area contributed by atoms with Gasteiger partial charge in [-0.2, -0.15) is 0 Å². The van der Waals surface area contributed by atoms with Gasteiger partial charge < -0.3 is 19.9 Å². The molecule has 2 aromatic carbocycles. The summed E-state index contributed by atoms with van der Waals surface area (Å²) in [5.74, 6) is 0. The lowest BCUT2D eigenvalue weighted by molar-refractivity contribution is -0.0481. The summed E-state index contributed by atoms with van der Waals surface area (Å²) in [6, 6.07) is 17.7. The number of aliphatic hydroxyl groups excluding tert-OH is 2. The number of fused-ring (bicyclic) bond motifs is 1. The quantitative estimate of drug-likeness (QED) is 0.510. The largest absolute Gasteiger partial charge is 0.395 e. The molecule has 2 atom stereocenters. The third kappa shape index (κ3) is 4.41. The van der Waals surface area contributed by atoms with Gasteiger partial charge in [-0.15, -0.1) is 0 Å². The molecular weight excluding hydrogens is 388 g/mol. The highest BCUT2D eigenvalue weighted by atomic mass is 16.5. The number of nitrogens with one attached hydrogen (secondary N) is 1. The number of nitrogens with zero attached hydrogens (tertiary/aromatic N) is 1. The fraction of sp³-hybridized carbons (Fsp3) is 0.462. The molecule has 2 aliphatic rings. The first-order valence-electron chi connectivity index (χ1n) is 11.5. The predicted octanol–water partition coefficient (Wildman–Crippen LogP) is 4.22. The van der Waals surface area contributed by atoms with Gasteiger partial charge in [0, 0.05) is 35.2 Å². The highest BCUT2D eigenvalue weighted by Gasteiger charge is 2.37. The van der Waals surface area contributed by atoms with E-state index in [1.54, 1.807) is 0 Å². The van der Waals surface area contributed by atoms with Crippen LogP contribution in [-0.2, 0) is 17.9 Å². The molecule has 3 N–H and O–H groups in total. The van der Waals surface area contributed by atoms with Crippen molar-refractivity contribution in [2.75, 3.05) is 13.2 Å². The standard InChI is InChI=1S/C26H32N2O3/c29-15-23-13-24(16-30)28(23)14-22-12-21-11-20(8-9-26(21)27-22)19-5-3-4-18(10-19)17-31-25-6-1-2-7-25/h3-5,8-12,23-25,27,29-30H,1-2,6-7,13-17H2/t23-,24-/m1/s1. The number of hydrogen-bond acceptors (Lipinski definition) is 4. The van der Waals surface area contributed by atoms with E-state index in [1.165, 1.54) is 47.8 Å². The second-order valence-electron chi connectivity index (χ2n) is 9.10. The van der Waals surface area contributed by atoms with Crippen LogP contribution in [0.25, 0.3) is 22.0 Å². The molecule has 164 valence electrons. The number of H-pyrrole nitrogens is 1. The van der Waals surface area contributed by atoms with Gasteiger partial charge in [-0.3, -0.25) is 4.90 Å². The van der Waals surface area contributed by atoms with Gasteiger partial charge in [0.1, 0.15) is 0 Å². The van der Waals surface area contributed by atoms with Crippen molar-refractivity contribution in [1.82, 2.24) is 9.88 Å². The SMILES string of the molecule is OC[C@H]1C[C@H](CO)N1Cc1cc2cc(-c3cccc(COC4CCCC4)c3)ccc2[nH]1.